The third-order valence-corrected chi connectivity index (χ3v) is 7.97. The van der Waals surface area contributed by atoms with Crippen molar-refractivity contribution in [3.05, 3.63) is 59.7 Å². The van der Waals surface area contributed by atoms with Crippen LogP contribution in [0, 0.1) is 23.2 Å². The zero-order chi connectivity index (χ0) is 25.1. The predicted octanol–water partition coefficient (Wildman–Crippen LogP) is 5.70. The van der Waals surface area contributed by atoms with Crippen LogP contribution in [0.3, 0.4) is 0 Å². The van der Waals surface area contributed by atoms with Crippen LogP contribution < -0.4 is 15.4 Å². The van der Waals surface area contributed by atoms with E-state index in [1.165, 1.54) is 38.5 Å². The molecule has 2 aromatic rings. The van der Waals surface area contributed by atoms with Gasteiger partial charge in [-0.2, -0.15) is 0 Å². The van der Waals surface area contributed by atoms with Crippen molar-refractivity contribution in [2.75, 3.05) is 11.9 Å². The van der Waals surface area contributed by atoms with Crippen molar-refractivity contribution in [2.24, 2.45) is 23.2 Å². The van der Waals surface area contributed by atoms with Gasteiger partial charge in [-0.1, -0.05) is 12.1 Å². The fraction of sp³-hybridized carbons (Fsp3) is 0.483. The van der Waals surface area contributed by atoms with Gasteiger partial charge in [0, 0.05) is 24.2 Å². The molecule has 190 valence electrons. The van der Waals surface area contributed by atoms with Crippen molar-refractivity contribution in [2.45, 2.75) is 58.4 Å². The molecule has 0 aromatic heterocycles. The van der Waals surface area contributed by atoms with Crippen LogP contribution in [-0.4, -0.2) is 24.6 Å². The Labute approximate surface area is 211 Å². The van der Waals surface area contributed by atoms with Gasteiger partial charge in [-0.25, -0.2) is 4.79 Å². The van der Waals surface area contributed by atoms with Gasteiger partial charge in [-0.05, 0) is 111 Å². The van der Waals surface area contributed by atoms with Gasteiger partial charge >= 0.3 is 6.16 Å². The van der Waals surface area contributed by atoms with E-state index < -0.39 is 6.16 Å². The number of hydrogen-bond donors (Lipinski definition) is 2. The van der Waals surface area contributed by atoms with Crippen LogP contribution in [0.1, 0.15) is 67.8 Å². The van der Waals surface area contributed by atoms with E-state index in [0.717, 1.165) is 29.0 Å². The minimum Gasteiger partial charge on any atom is -0.434 e. The molecule has 0 atom stereocenters. The van der Waals surface area contributed by atoms with Gasteiger partial charge in [0.05, 0.1) is 6.61 Å². The molecule has 4 aliphatic rings. The molecular formula is C29H34N2O5. The maximum absolute atomic E-state index is 12.9. The monoisotopic (exact) mass is 490 g/mol. The van der Waals surface area contributed by atoms with Gasteiger partial charge in [0.1, 0.15) is 5.75 Å². The summed E-state index contributed by atoms with van der Waals surface area (Å²) in [4.78, 5) is 36.7. The first kappa shape index (κ1) is 24.3. The molecule has 2 aromatic carbocycles. The molecule has 0 unspecified atom stereocenters. The zero-order valence-corrected chi connectivity index (χ0v) is 20.8. The van der Waals surface area contributed by atoms with Crippen LogP contribution in [0.25, 0.3) is 0 Å². The van der Waals surface area contributed by atoms with E-state index in [0.29, 0.717) is 24.3 Å². The topological polar surface area (TPSA) is 93.7 Å². The molecule has 7 heteroatoms. The summed E-state index contributed by atoms with van der Waals surface area (Å²) >= 11 is 0. The van der Waals surface area contributed by atoms with Crippen LogP contribution in [0.4, 0.5) is 10.5 Å². The Morgan fingerprint density at radius 3 is 2.08 bits per heavy atom. The molecule has 36 heavy (non-hydrogen) atoms. The lowest BCUT2D eigenvalue weighted by molar-refractivity contribution is -0.124. The lowest BCUT2D eigenvalue weighted by Gasteiger charge is -2.56. The average Bonchev–Trinajstić information content (AvgIpc) is 2.83. The Hall–Kier alpha value is -3.35. The Morgan fingerprint density at radius 1 is 0.889 bits per heavy atom. The first-order chi connectivity index (χ1) is 17.4. The molecular weight excluding hydrogens is 456 g/mol. The molecule has 0 aliphatic heterocycles. The van der Waals surface area contributed by atoms with Crippen LogP contribution in [0.2, 0.25) is 0 Å². The SMILES string of the molecule is CCOC(=O)Oc1ccc(C(=O)NCc2ccc(NC(=O)CC34CC5CC(CC(C5)C3)C4)cc2)cc1. The van der Waals surface area contributed by atoms with E-state index in [4.69, 9.17) is 9.47 Å². The summed E-state index contributed by atoms with van der Waals surface area (Å²) in [6, 6.07) is 13.9. The van der Waals surface area contributed by atoms with Crippen LogP contribution in [0.15, 0.2) is 48.5 Å². The summed E-state index contributed by atoms with van der Waals surface area (Å²) in [6.07, 6.45) is 7.70. The molecule has 4 fully saturated rings. The summed E-state index contributed by atoms with van der Waals surface area (Å²) in [7, 11) is 0. The van der Waals surface area contributed by atoms with Crippen molar-refractivity contribution in [3.8, 4) is 5.75 Å². The van der Waals surface area contributed by atoms with Crippen LogP contribution in [0.5, 0.6) is 5.75 Å². The maximum Gasteiger partial charge on any atom is 0.513 e. The lowest BCUT2D eigenvalue weighted by Crippen LogP contribution is -2.47. The van der Waals surface area contributed by atoms with Gasteiger partial charge in [0.25, 0.3) is 5.91 Å². The smallest absolute Gasteiger partial charge is 0.434 e. The Morgan fingerprint density at radius 2 is 1.50 bits per heavy atom. The second-order valence-electron chi connectivity index (χ2n) is 10.8. The first-order valence-electron chi connectivity index (χ1n) is 13.0. The van der Waals surface area contributed by atoms with Crippen molar-refractivity contribution in [1.29, 1.82) is 0 Å². The van der Waals surface area contributed by atoms with Crippen LogP contribution in [-0.2, 0) is 16.1 Å². The number of rotatable bonds is 8. The number of hydrogen-bond acceptors (Lipinski definition) is 5. The van der Waals surface area contributed by atoms with Gasteiger partial charge < -0.3 is 20.1 Å². The molecule has 0 radical (unpaired) electrons. The molecule has 2 amide bonds. The second kappa shape index (κ2) is 10.3. The van der Waals surface area contributed by atoms with Crippen molar-refractivity contribution in [3.63, 3.8) is 0 Å². The average molecular weight is 491 g/mol. The number of benzene rings is 2. The minimum absolute atomic E-state index is 0.119. The normalized spacial score (nSPS) is 25.8. The highest BCUT2D eigenvalue weighted by Gasteiger charge is 2.51. The second-order valence-corrected chi connectivity index (χ2v) is 10.8. The molecule has 0 heterocycles. The van der Waals surface area contributed by atoms with E-state index >= 15 is 0 Å². The van der Waals surface area contributed by atoms with E-state index in [9.17, 15) is 14.4 Å². The number of carbonyl (C=O) groups excluding carboxylic acids is 3. The Balaban J connectivity index is 1.08. The standard InChI is InChI=1S/C29H34N2O5/c1-2-35-28(34)36-25-9-5-23(6-10-25)27(33)30-18-19-3-7-24(8-4-19)31-26(32)17-29-14-20-11-21(15-29)13-22(12-20)16-29/h3-10,20-22H,2,11-18H2,1H3,(H,30,33)(H,31,32). The van der Waals surface area contributed by atoms with Gasteiger partial charge in [0.2, 0.25) is 5.91 Å². The quantitative estimate of drug-likeness (QED) is 0.366. The Kier molecular flexibility index (Phi) is 6.99. The Bertz CT molecular complexity index is 1070. The lowest BCUT2D eigenvalue weighted by atomic mass is 9.49. The predicted molar refractivity (Wildman–Crippen MR) is 136 cm³/mol. The zero-order valence-electron chi connectivity index (χ0n) is 20.8. The number of ether oxygens (including phenoxy) is 2. The summed E-state index contributed by atoms with van der Waals surface area (Å²) in [5.41, 5.74) is 2.41. The van der Waals surface area contributed by atoms with Gasteiger partial charge in [-0.3, -0.25) is 9.59 Å². The van der Waals surface area contributed by atoms with Gasteiger partial charge in [0.15, 0.2) is 0 Å². The summed E-state index contributed by atoms with van der Waals surface area (Å²) in [5, 5.41) is 5.97. The number of anilines is 1. The third kappa shape index (κ3) is 5.72. The highest BCUT2D eigenvalue weighted by molar-refractivity contribution is 5.94. The summed E-state index contributed by atoms with van der Waals surface area (Å²) in [6.45, 7) is 2.29. The highest BCUT2D eigenvalue weighted by atomic mass is 16.7. The van der Waals surface area contributed by atoms with Crippen molar-refractivity contribution < 1.29 is 23.9 Å². The highest BCUT2D eigenvalue weighted by Crippen LogP contribution is 2.61. The largest absolute Gasteiger partial charge is 0.513 e. The van der Waals surface area contributed by atoms with E-state index in [1.54, 1.807) is 31.2 Å². The van der Waals surface area contributed by atoms with E-state index in [1.807, 2.05) is 24.3 Å². The number of nitrogens with one attached hydrogen (secondary N) is 2. The number of amides is 2. The summed E-state index contributed by atoms with van der Waals surface area (Å²) < 4.78 is 9.74. The molecule has 0 saturated heterocycles. The minimum atomic E-state index is -0.776. The van der Waals surface area contributed by atoms with E-state index in [-0.39, 0.29) is 23.8 Å². The first-order valence-corrected chi connectivity index (χ1v) is 13.0. The summed E-state index contributed by atoms with van der Waals surface area (Å²) in [5.74, 6) is 2.73. The van der Waals surface area contributed by atoms with E-state index in [2.05, 4.69) is 10.6 Å². The molecule has 2 N–H and O–H groups in total. The fourth-order valence-electron chi connectivity index (χ4n) is 6.96. The fourth-order valence-corrected chi connectivity index (χ4v) is 6.96. The van der Waals surface area contributed by atoms with Gasteiger partial charge in [-0.15, -0.1) is 0 Å². The molecule has 4 bridgehead atoms. The molecule has 4 saturated carbocycles. The molecule has 0 spiro atoms. The van der Waals surface area contributed by atoms with Crippen molar-refractivity contribution in [1.82, 2.24) is 5.32 Å². The number of carbonyl (C=O) groups is 3. The van der Waals surface area contributed by atoms with Crippen LogP contribution >= 0.6 is 0 Å². The molecule has 7 nitrogen and oxygen atoms in total. The third-order valence-electron chi connectivity index (χ3n) is 7.97. The molecule has 4 aliphatic carbocycles. The van der Waals surface area contributed by atoms with Crippen molar-refractivity contribution >= 4 is 23.7 Å². The maximum atomic E-state index is 12.9. The molecule has 6 rings (SSSR count).